The third-order valence-electron chi connectivity index (χ3n) is 3.83. The summed E-state index contributed by atoms with van der Waals surface area (Å²) >= 11 is 0. The third-order valence-corrected chi connectivity index (χ3v) is 3.83. The minimum Gasteiger partial charge on any atom is -0.497 e. The van der Waals surface area contributed by atoms with Gasteiger partial charge in [-0.3, -0.25) is 10.1 Å². The van der Waals surface area contributed by atoms with Gasteiger partial charge < -0.3 is 19.5 Å². The Morgan fingerprint density at radius 1 is 1.07 bits per heavy atom. The molecule has 8 heteroatoms. The number of carbonyl (C=O) groups excluding carboxylic acids is 3. The molecule has 0 radical (unpaired) electrons. The van der Waals surface area contributed by atoms with Gasteiger partial charge in [0.15, 0.2) is 6.61 Å². The van der Waals surface area contributed by atoms with Gasteiger partial charge in [0, 0.05) is 11.3 Å². The van der Waals surface area contributed by atoms with Crippen LogP contribution >= 0.6 is 0 Å². The van der Waals surface area contributed by atoms with E-state index >= 15 is 0 Å². The first-order chi connectivity index (χ1) is 13.5. The van der Waals surface area contributed by atoms with Crippen LogP contribution in [-0.2, 0) is 14.3 Å². The van der Waals surface area contributed by atoms with Crippen molar-refractivity contribution in [1.82, 2.24) is 5.32 Å². The summed E-state index contributed by atoms with van der Waals surface area (Å²) in [5.74, 6) is -0.123. The van der Waals surface area contributed by atoms with Crippen molar-refractivity contribution in [3.63, 3.8) is 0 Å². The summed E-state index contributed by atoms with van der Waals surface area (Å²) in [5, 5.41) is 4.57. The Labute approximate surface area is 161 Å². The first kappa shape index (κ1) is 19.0. The number of hydrogen-bond donors (Lipinski definition) is 2. The highest BCUT2D eigenvalue weighted by atomic mass is 16.5. The van der Waals surface area contributed by atoms with Crippen molar-refractivity contribution in [3.8, 4) is 11.5 Å². The van der Waals surface area contributed by atoms with Crippen molar-refractivity contribution >= 4 is 29.7 Å². The average molecular weight is 382 g/mol. The molecule has 0 unspecified atom stereocenters. The van der Waals surface area contributed by atoms with Crippen molar-refractivity contribution in [2.24, 2.45) is 0 Å². The van der Waals surface area contributed by atoms with E-state index in [0.717, 1.165) is 5.56 Å². The number of amides is 3. The zero-order valence-electron chi connectivity index (χ0n) is 15.1. The van der Waals surface area contributed by atoms with Crippen LogP contribution in [0.2, 0.25) is 0 Å². The molecule has 8 nitrogen and oxygen atoms in total. The SMILES string of the molecule is COc1ccc(NC(=O)NC(=O)COC(=O)C2=Cc3ccccc3OC2)cc1. The van der Waals surface area contributed by atoms with E-state index in [0.29, 0.717) is 17.2 Å². The van der Waals surface area contributed by atoms with Gasteiger partial charge >= 0.3 is 12.0 Å². The van der Waals surface area contributed by atoms with Crippen LogP contribution in [0.5, 0.6) is 11.5 Å². The lowest BCUT2D eigenvalue weighted by Crippen LogP contribution is -2.37. The van der Waals surface area contributed by atoms with Crippen LogP contribution < -0.4 is 20.1 Å². The largest absolute Gasteiger partial charge is 0.497 e. The molecule has 2 N–H and O–H groups in total. The normalized spacial score (nSPS) is 12.0. The number of nitrogens with one attached hydrogen (secondary N) is 2. The number of imide groups is 1. The number of ether oxygens (including phenoxy) is 3. The van der Waals surface area contributed by atoms with Gasteiger partial charge in [0.25, 0.3) is 5.91 Å². The number of methoxy groups -OCH3 is 1. The van der Waals surface area contributed by atoms with Gasteiger partial charge in [-0.05, 0) is 36.4 Å². The second kappa shape index (κ2) is 8.72. The summed E-state index contributed by atoms with van der Waals surface area (Å²) in [6.45, 7) is -0.538. The molecule has 1 aliphatic rings. The zero-order chi connectivity index (χ0) is 19.9. The van der Waals surface area contributed by atoms with Crippen molar-refractivity contribution in [1.29, 1.82) is 0 Å². The van der Waals surface area contributed by atoms with Crippen molar-refractivity contribution in [2.45, 2.75) is 0 Å². The molecule has 0 fully saturated rings. The molecule has 2 aromatic carbocycles. The van der Waals surface area contributed by atoms with E-state index in [1.165, 1.54) is 7.11 Å². The Balaban J connectivity index is 1.46. The van der Waals surface area contributed by atoms with Gasteiger partial charge in [0.2, 0.25) is 0 Å². The quantitative estimate of drug-likeness (QED) is 0.770. The van der Waals surface area contributed by atoms with Gasteiger partial charge in [-0.1, -0.05) is 18.2 Å². The maximum absolute atomic E-state index is 12.1. The van der Waals surface area contributed by atoms with Gasteiger partial charge in [-0.2, -0.15) is 0 Å². The van der Waals surface area contributed by atoms with E-state index in [2.05, 4.69) is 10.6 Å². The molecule has 3 amide bonds. The van der Waals surface area contributed by atoms with Gasteiger partial charge in [0.1, 0.15) is 18.1 Å². The highest BCUT2D eigenvalue weighted by Gasteiger charge is 2.19. The number of rotatable bonds is 5. The Morgan fingerprint density at radius 3 is 2.57 bits per heavy atom. The summed E-state index contributed by atoms with van der Waals surface area (Å²) in [6, 6.07) is 13.1. The molecular weight excluding hydrogens is 364 g/mol. The van der Waals surface area contributed by atoms with Crippen LogP contribution in [0.4, 0.5) is 10.5 Å². The topological polar surface area (TPSA) is 103 Å². The number of anilines is 1. The fraction of sp³-hybridized carbons (Fsp3) is 0.150. The molecule has 0 atom stereocenters. The first-order valence-electron chi connectivity index (χ1n) is 8.39. The zero-order valence-corrected chi connectivity index (χ0v) is 15.1. The summed E-state index contributed by atoms with van der Waals surface area (Å²) in [5.41, 5.74) is 1.52. The van der Waals surface area contributed by atoms with E-state index in [-0.39, 0.29) is 12.2 Å². The molecule has 1 heterocycles. The van der Waals surface area contributed by atoms with E-state index in [4.69, 9.17) is 14.2 Å². The molecule has 0 spiro atoms. The maximum atomic E-state index is 12.1. The third kappa shape index (κ3) is 4.88. The monoisotopic (exact) mass is 382 g/mol. The van der Waals surface area contributed by atoms with Crippen molar-refractivity contribution in [2.75, 3.05) is 25.6 Å². The molecule has 0 bridgehead atoms. The molecule has 0 saturated carbocycles. The first-order valence-corrected chi connectivity index (χ1v) is 8.39. The molecule has 28 heavy (non-hydrogen) atoms. The lowest BCUT2D eigenvalue weighted by atomic mass is 10.1. The van der Waals surface area contributed by atoms with E-state index < -0.39 is 24.5 Å². The molecule has 1 aliphatic heterocycles. The number of hydrogen-bond acceptors (Lipinski definition) is 6. The summed E-state index contributed by atoms with van der Waals surface area (Å²) in [6.07, 6.45) is 1.65. The number of fused-ring (bicyclic) bond motifs is 1. The minimum absolute atomic E-state index is 0.0510. The summed E-state index contributed by atoms with van der Waals surface area (Å²) in [4.78, 5) is 35.7. The molecule has 0 aromatic heterocycles. The van der Waals surface area contributed by atoms with Crippen LogP contribution in [-0.4, -0.2) is 38.2 Å². The number of benzene rings is 2. The Kier molecular flexibility index (Phi) is 5.91. The predicted molar refractivity (Wildman–Crippen MR) is 101 cm³/mol. The van der Waals surface area contributed by atoms with E-state index in [9.17, 15) is 14.4 Å². The van der Waals surface area contributed by atoms with Gasteiger partial charge in [-0.15, -0.1) is 0 Å². The van der Waals surface area contributed by atoms with Crippen molar-refractivity contribution < 1.29 is 28.6 Å². The standard InChI is InChI=1S/C20H18N2O6/c1-26-16-8-6-15(7-9-16)21-20(25)22-18(23)12-28-19(24)14-10-13-4-2-3-5-17(13)27-11-14/h2-10H,11-12H2,1H3,(H2,21,22,23,25). The molecule has 2 aromatic rings. The Morgan fingerprint density at radius 2 is 1.82 bits per heavy atom. The summed E-state index contributed by atoms with van der Waals surface area (Å²) < 4.78 is 15.4. The fourth-order valence-electron chi connectivity index (χ4n) is 2.46. The second-order valence-electron chi connectivity index (χ2n) is 5.80. The molecule has 0 aliphatic carbocycles. The molecule has 0 saturated heterocycles. The van der Waals surface area contributed by atoms with Crippen LogP contribution in [0.3, 0.4) is 0 Å². The highest BCUT2D eigenvalue weighted by Crippen LogP contribution is 2.26. The number of para-hydroxylation sites is 1. The molecule has 144 valence electrons. The fourth-order valence-corrected chi connectivity index (χ4v) is 2.46. The van der Waals surface area contributed by atoms with Gasteiger partial charge in [-0.25, -0.2) is 9.59 Å². The molecular formula is C20H18N2O6. The lowest BCUT2D eigenvalue weighted by molar-refractivity contribution is -0.144. The number of esters is 1. The predicted octanol–water partition coefficient (Wildman–Crippen LogP) is 2.36. The number of urea groups is 1. The average Bonchev–Trinajstić information content (AvgIpc) is 2.72. The van der Waals surface area contributed by atoms with Crippen LogP contribution in [0.1, 0.15) is 5.56 Å². The lowest BCUT2D eigenvalue weighted by Gasteiger charge is -2.16. The smallest absolute Gasteiger partial charge is 0.338 e. The second-order valence-corrected chi connectivity index (χ2v) is 5.80. The number of carbonyl (C=O) groups is 3. The van der Waals surface area contributed by atoms with Crippen LogP contribution in [0.15, 0.2) is 54.1 Å². The van der Waals surface area contributed by atoms with Gasteiger partial charge in [0.05, 0.1) is 12.7 Å². The van der Waals surface area contributed by atoms with E-state index in [1.54, 1.807) is 42.5 Å². The van der Waals surface area contributed by atoms with E-state index in [1.807, 2.05) is 12.1 Å². The van der Waals surface area contributed by atoms with Crippen molar-refractivity contribution in [3.05, 3.63) is 59.7 Å². The van der Waals surface area contributed by atoms with Crippen LogP contribution in [0.25, 0.3) is 6.08 Å². The Hall–Kier alpha value is -3.81. The minimum atomic E-state index is -0.753. The van der Waals surface area contributed by atoms with Crippen LogP contribution in [0, 0.1) is 0 Å². The maximum Gasteiger partial charge on any atom is 0.338 e. The highest BCUT2D eigenvalue weighted by molar-refractivity contribution is 6.02. The molecule has 3 rings (SSSR count). The summed E-state index contributed by atoms with van der Waals surface area (Å²) in [7, 11) is 1.53. The Bertz CT molecular complexity index is 921.